The van der Waals surface area contributed by atoms with Crippen LogP contribution in [0.2, 0.25) is 0 Å². The summed E-state index contributed by atoms with van der Waals surface area (Å²) >= 11 is 0. The highest BCUT2D eigenvalue weighted by Crippen LogP contribution is 2.23. The summed E-state index contributed by atoms with van der Waals surface area (Å²) in [5.41, 5.74) is 2.45. The number of benzene rings is 1. The number of ether oxygens (including phenoxy) is 1. The summed E-state index contributed by atoms with van der Waals surface area (Å²) in [6.45, 7) is 4.43. The Labute approximate surface area is 174 Å². The SMILES string of the molecule is CCNC(=NCCc1ccc(OC)cc1O)NCCC1=CCCCC1.I. The predicted octanol–water partition coefficient (Wildman–Crippen LogP) is 4.01. The number of rotatable bonds is 8. The molecule has 1 aliphatic rings. The van der Waals surface area contributed by atoms with Crippen molar-refractivity contribution in [1.82, 2.24) is 10.6 Å². The average molecular weight is 473 g/mol. The largest absolute Gasteiger partial charge is 0.508 e. The molecule has 5 nitrogen and oxygen atoms in total. The van der Waals surface area contributed by atoms with Gasteiger partial charge in [-0.3, -0.25) is 4.99 Å². The lowest BCUT2D eigenvalue weighted by molar-refractivity contribution is 0.406. The van der Waals surface area contributed by atoms with Crippen LogP contribution >= 0.6 is 24.0 Å². The highest BCUT2D eigenvalue weighted by atomic mass is 127. The Balaban J connectivity index is 0.00000338. The molecule has 146 valence electrons. The standard InChI is InChI=1S/C20H31N3O2.HI/c1-3-21-20(22-13-11-16-7-5-4-6-8-16)23-14-12-17-9-10-18(25-2)15-19(17)24;/h7,9-10,15,24H,3-6,8,11-14H2,1-2H3,(H2,21,22,23);1H. The Morgan fingerprint density at radius 2 is 2.08 bits per heavy atom. The molecule has 0 amide bonds. The van der Waals surface area contributed by atoms with E-state index in [9.17, 15) is 5.11 Å². The zero-order valence-electron chi connectivity index (χ0n) is 15.9. The minimum Gasteiger partial charge on any atom is -0.508 e. The molecule has 0 aliphatic heterocycles. The summed E-state index contributed by atoms with van der Waals surface area (Å²) in [6, 6.07) is 5.39. The van der Waals surface area contributed by atoms with E-state index in [2.05, 4.69) is 28.6 Å². The molecule has 0 atom stereocenters. The Hall–Kier alpha value is -1.44. The molecule has 26 heavy (non-hydrogen) atoms. The number of hydrogen-bond donors (Lipinski definition) is 3. The summed E-state index contributed by atoms with van der Waals surface area (Å²) in [7, 11) is 1.59. The fourth-order valence-corrected chi connectivity index (χ4v) is 2.99. The Kier molecular flexibility index (Phi) is 11.2. The van der Waals surface area contributed by atoms with Gasteiger partial charge in [-0.05, 0) is 57.1 Å². The summed E-state index contributed by atoms with van der Waals surface area (Å²) in [4.78, 5) is 4.61. The number of guanidine groups is 1. The van der Waals surface area contributed by atoms with Crippen LogP contribution in [-0.2, 0) is 6.42 Å². The van der Waals surface area contributed by atoms with E-state index in [1.165, 1.54) is 25.7 Å². The monoisotopic (exact) mass is 473 g/mol. The molecule has 2 rings (SSSR count). The minimum atomic E-state index is 0. The van der Waals surface area contributed by atoms with Crippen molar-refractivity contribution in [3.05, 3.63) is 35.4 Å². The summed E-state index contributed by atoms with van der Waals surface area (Å²) in [5, 5.41) is 16.7. The van der Waals surface area contributed by atoms with Gasteiger partial charge in [-0.15, -0.1) is 24.0 Å². The van der Waals surface area contributed by atoms with Gasteiger partial charge in [0.25, 0.3) is 0 Å². The normalized spacial score (nSPS) is 14.2. The maximum atomic E-state index is 10.0. The Morgan fingerprint density at radius 3 is 2.73 bits per heavy atom. The van der Waals surface area contributed by atoms with Crippen LogP contribution in [0.15, 0.2) is 34.8 Å². The van der Waals surface area contributed by atoms with Crippen molar-refractivity contribution in [2.24, 2.45) is 4.99 Å². The van der Waals surface area contributed by atoms with Gasteiger partial charge in [0.1, 0.15) is 11.5 Å². The van der Waals surface area contributed by atoms with E-state index in [-0.39, 0.29) is 29.7 Å². The Bertz CT molecular complexity index is 603. The zero-order valence-corrected chi connectivity index (χ0v) is 18.2. The molecule has 0 saturated heterocycles. The number of phenolic OH excluding ortho intramolecular Hbond substituents is 1. The fraction of sp³-hybridized carbons (Fsp3) is 0.550. The molecule has 1 aromatic rings. The number of halogens is 1. The number of aliphatic imine (C=N–C) groups is 1. The lowest BCUT2D eigenvalue weighted by Gasteiger charge is -2.15. The van der Waals surface area contributed by atoms with Gasteiger partial charge in [0, 0.05) is 25.7 Å². The van der Waals surface area contributed by atoms with Gasteiger partial charge in [0.05, 0.1) is 7.11 Å². The number of phenols is 1. The van der Waals surface area contributed by atoms with Crippen molar-refractivity contribution in [3.63, 3.8) is 0 Å². The van der Waals surface area contributed by atoms with Gasteiger partial charge in [0.2, 0.25) is 0 Å². The number of aromatic hydroxyl groups is 1. The van der Waals surface area contributed by atoms with Gasteiger partial charge in [0.15, 0.2) is 5.96 Å². The van der Waals surface area contributed by atoms with E-state index in [0.29, 0.717) is 18.7 Å². The van der Waals surface area contributed by atoms with Crippen molar-refractivity contribution in [1.29, 1.82) is 0 Å². The van der Waals surface area contributed by atoms with Gasteiger partial charge in [-0.2, -0.15) is 0 Å². The van der Waals surface area contributed by atoms with Crippen LogP contribution in [0.1, 0.15) is 44.6 Å². The number of nitrogens with one attached hydrogen (secondary N) is 2. The quantitative estimate of drug-likeness (QED) is 0.231. The molecule has 0 spiro atoms. The first-order valence-electron chi connectivity index (χ1n) is 9.29. The minimum absolute atomic E-state index is 0. The highest BCUT2D eigenvalue weighted by Gasteiger charge is 2.05. The van der Waals surface area contributed by atoms with Crippen LogP contribution < -0.4 is 15.4 Å². The molecular weight excluding hydrogens is 441 g/mol. The second-order valence-corrected chi connectivity index (χ2v) is 6.29. The van der Waals surface area contributed by atoms with Gasteiger partial charge in [-0.1, -0.05) is 17.7 Å². The van der Waals surface area contributed by atoms with Crippen molar-refractivity contribution in [2.45, 2.75) is 45.4 Å². The molecule has 0 radical (unpaired) electrons. The van der Waals surface area contributed by atoms with E-state index in [4.69, 9.17) is 4.74 Å². The van der Waals surface area contributed by atoms with Crippen LogP contribution in [0.3, 0.4) is 0 Å². The summed E-state index contributed by atoms with van der Waals surface area (Å²) < 4.78 is 5.11. The second kappa shape index (κ2) is 12.8. The third kappa shape index (κ3) is 7.85. The fourth-order valence-electron chi connectivity index (χ4n) is 2.99. The molecule has 3 N–H and O–H groups in total. The van der Waals surface area contributed by atoms with Crippen molar-refractivity contribution >= 4 is 29.9 Å². The predicted molar refractivity (Wildman–Crippen MR) is 119 cm³/mol. The lowest BCUT2D eigenvalue weighted by Crippen LogP contribution is -2.38. The first-order valence-corrected chi connectivity index (χ1v) is 9.29. The maximum absolute atomic E-state index is 10.0. The second-order valence-electron chi connectivity index (χ2n) is 6.29. The third-order valence-electron chi connectivity index (χ3n) is 4.41. The van der Waals surface area contributed by atoms with E-state index < -0.39 is 0 Å². The van der Waals surface area contributed by atoms with Crippen molar-refractivity contribution in [3.8, 4) is 11.5 Å². The first-order chi connectivity index (χ1) is 12.2. The summed E-state index contributed by atoms with van der Waals surface area (Å²) in [6.07, 6.45) is 9.30. The number of hydrogen-bond acceptors (Lipinski definition) is 3. The number of allylic oxidation sites excluding steroid dienone is 1. The zero-order chi connectivity index (χ0) is 17.9. The molecule has 0 bridgehead atoms. The van der Waals surface area contributed by atoms with Crippen LogP contribution in [0.5, 0.6) is 11.5 Å². The first kappa shape index (κ1) is 22.6. The van der Waals surface area contributed by atoms with Crippen LogP contribution in [0, 0.1) is 0 Å². The summed E-state index contributed by atoms with van der Waals surface area (Å²) in [5.74, 6) is 1.76. The van der Waals surface area contributed by atoms with E-state index in [0.717, 1.165) is 31.0 Å². The molecule has 0 heterocycles. The van der Waals surface area contributed by atoms with E-state index in [1.807, 2.05) is 12.1 Å². The van der Waals surface area contributed by atoms with Gasteiger partial charge >= 0.3 is 0 Å². The number of methoxy groups -OCH3 is 1. The molecule has 1 aromatic carbocycles. The average Bonchev–Trinajstić information content (AvgIpc) is 2.64. The van der Waals surface area contributed by atoms with Crippen LogP contribution in [0.25, 0.3) is 0 Å². The van der Waals surface area contributed by atoms with E-state index in [1.54, 1.807) is 18.7 Å². The van der Waals surface area contributed by atoms with Crippen molar-refractivity contribution in [2.75, 3.05) is 26.7 Å². The van der Waals surface area contributed by atoms with Gasteiger partial charge < -0.3 is 20.5 Å². The highest BCUT2D eigenvalue weighted by molar-refractivity contribution is 14.0. The molecule has 0 unspecified atom stereocenters. The lowest BCUT2D eigenvalue weighted by atomic mass is 9.97. The van der Waals surface area contributed by atoms with Crippen molar-refractivity contribution < 1.29 is 9.84 Å². The molecule has 0 aromatic heterocycles. The van der Waals surface area contributed by atoms with E-state index >= 15 is 0 Å². The van der Waals surface area contributed by atoms with Crippen LogP contribution in [-0.4, -0.2) is 37.8 Å². The molecule has 1 aliphatic carbocycles. The maximum Gasteiger partial charge on any atom is 0.191 e. The van der Waals surface area contributed by atoms with Crippen LogP contribution in [0.4, 0.5) is 0 Å². The molecular formula is C20H32IN3O2. The van der Waals surface area contributed by atoms with Gasteiger partial charge in [-0.25, -0.2) is 0 Å². The third-order valence-corrected chi connectivity index (χ3v) is 4.41. The molecule has 6 heteroatoms. The number of nitrogens with zero attached hydrogens (tertiary/aromatic N) is 1. The smallest absolute Gasteiger partial charge is 0.191 e. The molecule has 0 fully saturated rings. The Morgan fingerprint density at radius 1 is 1.23 bits per heavy atom. The molecule has 0 saturated carbocycles. The topological polar surface area (TPSA) is 65.9 Å².